The second kappa shape index (κ2) is 4.84. The third-order valence-electron chi connectivity index (χ3n) is 2.65. The predicted octanol–water partition coefficient (Wildman–Crippen LogP) is 2.11. The van der Waals surface area contributed by atoms with E-state index in [0.29, 0.717) is 6.54 Å². The van der Waals surface area contributed by atoms with Gasteiger partial charge in [-0.2, -0.15) is 0 Å². The van der Waals surface area contributed by atoms with Gasteiger partial charge in [-0.05, 0) is 12.5 Å². The molecule has 0 bridgehead atoms. The van der Waals surface area contributed by atoms with Crippen molar-refractivity contribution in [3.8, 4) is 0 Å². The van der Waals surface area contributed by atoms with Gasteiger partial charge in [0.05, 0.1) is 13.1 Å². The summed E-state index contributed by atoms with van der Waals surface area (Å²) in [6, 6.07) is 0. The van der Waals surface area contributed by atoms with Crippen LogP contribution in [0.5, 0.6) is 0 Å². The monoisotopic (exact) mass is 217 g/mol. The molecule has 15 heavy (non-hydrogen) atoms. The van der Waals surface area contributed by atoms with E-state index in [9.17, 15) is 13.6 Å². The Labute approximate surface area is 88.9 Å². The molecule has 1 unspecified atom stereocenters. The van der Waals surface area contributed by atoms with Gasteiger partial charge in [-0.15, -0.1) is 0 Å². The van der Waals surface area contributed by atoms with Crippen molar-refractivity contribution in [1.82, 2.24) is 4.90 Å². The molecule has 0 saturated carbocycles. The lowest BCUT2D eigenvalue weighted by Gasteiger charge is -2.37. The molecule has 1 aliphatic rings. The van der Waals surface area contributed by atoms with E-state index in [1.165, 1.54) is 6.08 Å². The lowest BCUT2D eigenvalue weighted by atomic mass is 10.0. The van der Waals surface area contributed by atoms with Crippen LogP contribution in [0, 0.1) is 5.92 Å². The number of likely N-dealkylation sites (tertiary alicyclic amines) is 1. The van der Waals surface area contributed by atoms with Crippen LogP contribution in [-0.2, 0) is 4.79 Å². The quantitative estimate of drug-likeness (QED) is 0.657. The molecule has 0 aromatic carbocycles. The van der Waals surface area contributed by atoms with Crippen LogP contribution in [-0.4, -0.2) is 36.2 Å². The molecular formula is C11H17F2NO. The van der Waals surface area contributed by atoms with Gasteiger partial charge in [-0.25, -0.2) is 8.78 Å². The zero-order valence-electron chi connectivity index (χ0n) is 9.17. The SMILES string of the molecule is CCC(C)C(=O)/C=C/CN1CC(F)(F)C1. The lowest BCUT2D eigenvalue weighted by Crippen LogP contribution is -2.55. The Balaban J connectivity index is 2.21. The summed E-state index contributed by atoms with van der Waals surface area (Å²) in [5.74, 6) is -2.42. The number of alkyl halides is 2. The van der Waals surface area contributed by atoms with Crippen molar-refractivity contribution in [2.75, 3.05) is 19.6 Å². The van der Waals surface area contributed by atoms with Gasteiger partial charge in [-0.1, -0.05) is 19.9 Å². The molecule has 1 fully saturated rings. The van der Waals surface area contributed by atoms with Gasteiger partial charge in [0.15, 0.2) is 5.78 Å². The third kappa shape index (κ3) is 3.70. The standard InChI is InChI=1S/C11H17F2NO/c1-3-9(2)10(15)5-4-6-14-7-11(12,13)8-14/h4-5,9H,3,6-8H2,1-2H3/b5-4+. The van der Waals surface area contributed by atoms with E-state index in [1.807, 2.05) is 13.8 Å². The molecule has 1 heterocycles. The number of rotatable bonds is 5. The van der Waals surface area contributed by atoms with Gasteiger partial charge in [0, 0.05) is 12.5 Å². The average molecular weight is 217 g/mol. The Kier molecular flexibility index (Phi) is 3.97. The molecule has 0 amide bonds. The molecule has 86 valence electrons. The average Bonchev–Trinajstić information content (AvgIpc) is 2.13. The first kappa shape index (κ1) is 12.3. The summed E-state index contributed by atoms with van der Waals surface area (Å²) in [5, 5.41) is 0. The molecule has 0 N–H and O–H groups in total. The highest BCUT2D eigenvalue weighted by atomic mass is 19.3. The summed E-state index contributed by atoms with van der Waals surface area (Å²) in [6.07, 6.45) is 3.99. The second-order valence-corrected chi connectivity index (χ2v) is 4.14. The largest absolute Gasteiger partial charge is 0.295 e. The number of hydrogen-bond acceptors (Lipinski definition) is 2. The minimum absolute atomic E-state index is 0.0269. The van der Waals surface area contributed by atoms with Crippen molar-refractivity contribution >= 4 is 5.78 Å². The van der Waals surface area contributed by atoms with Crippen molar-refractivity contribution in [1.29, 1.82) is 0 Å². The molecule has 1 aliphatic heterocycles. The summed E-state index contributed by atoms with van der Waals surface area (Å²) in [4.78, 5) is 12.9. The van der Waals surface area contributed by atoms with Crippen LogP contribution in [0.2, 0.25) is 0 Å². The van der Waals surface area contributed by atoms with E-state index in [4.69, 9.17) is 0 Å². The number of carbonyl (C=O) groups is 1. The lowest BCUT2D eigenvalue weighted by molar-refractivity contribution is -0.126. The highest BCUT2D eigenvalue weighted by Crippen LogP contribution is 2.25. The predicted molar refractivity (Wildman–Crippen MR) is 55.0 cm³/mol. The maximum atomic E-state index is 12.4. The van der Waals surface area contributed by atoms with Gasteiger partial charge < -0.3 is 0 Å². The van der Waals surface area contributed by atoms with Gasteiger partial charge >= 0.3 is 0 Å². The van der Waals surface area contributed by atoms with Gasteiger partial charge in [0.25, 0.3) is 5.92 Å². The van der Waals surface area contributed by atoms with E-state index >= 15 is 0 Å². The number of allylic oxidation sites excluding steroid dienone is 1. The summed E-state index contributed by atoms with van der Waals surface area (Å²) in [5.41, 5.74) is 0. The first-order valence-electron chi connectivity index (χ1n) is 5.25. The van der Waals surface area contributed by atoms with Crippen LogP contribution in [0.15, 0.2) is 12.2 Å². The number of hydrogen-bond donors (Lipinski definition) is 0. The zero-order chi connectivity index (χ0) is 11.5. The van der Waals surface area contributed by atoms with Crippen LogP contribution in [0.4, 0.5) is 8.78 Å². The maximum Gasteiger partial charge on any atom is 0.272 e. The smallest absolute Gasteiger partial charge is 0.272 e. The van der Waals surface area contributed by atoms with Crippen molar-refractivity contribution < 1.29 is 13.6 Å². The molecule has 0 aromatic heterocycles. The maximum absolute atomic E-state index is 12.4. The summed E-state index contributed by atoms with van der Waals surface area (Å²) in [7, 11) is 0. The minimum atomic E-state index is -2.52. The van der Waals surface area contributed by atoms with Crippen LogP contribution < -0.4 is 0 Å². The number of nitrogens with zero attached hydrogens (tertiary/aromatic N) is 1. The van der Waals surface area contributed by atoms with Crippen LogP contribution >= 0.6 is 0 Å². The molecule has 1 saturated heterocycles. The fraction of sp³-hybridized carbons (Fsp3) is 0.727. The number of carbonyl (C=O) groups excluding carboxylic acids is 1. The molecule has 0 aromatic rings. The van der Waals surface area contributed by atoms with Crippen molar-refractivity contribution in [3.05, 3.63) is 12.2 Å². The minimum Gasteiger partial charge on any atom is -0.295 e. The normalized spacial score (nSPS) is 22.7. The van der Waals surface area contributed by atoms with E-state index in [0.717, 1.165) is 6.42 Å². The van der Waals surface area contributed by atoms with Crippen molar-refractivity contribution in [3.63, 3.8) is 0 Å². The van der Waals surface area contributed by atoms with Crippen molar-refractivity contribution in [2.24, 2.45) is 5.92 Å². The van der Waals surface area contributed by atoms with Crippen LogP contribution in [0.25, 0.3) is 0 Å². The fourth-order valence-electron chi connectivity index (χ4n) is 1.42. The summed E-state index contributed by atoms with van der Waals surface area (Å²) >= 11 is 0. The zero-order valence-corrected chi connectivity index (χ0v) is 9.17. The molecule has 0 radical (unpaired) electrons. The van der Waals surface area contributed by atoms with E-state index in [1.54, 1.807) is 11.0 Å². The third-order valence-corrected chi connectivity index (χ3v) is 2.65. The highest BCUT2D eigenvalue weighted by molar-refractivity contribution is 5.91. The fourth-order valence-corrected chi connectivity index (χ4v) is 1.42. The Bertz CT molecular complexity index is 255. The highest BCUT2D eigenvalue weighted by Gasteiger charge is 2.42. The van der Waals surface area contributed by atoms with E-state index in [2.05, 4.69) is 0 Å². The summed E-state index contributed by atoms with van der Waals surface area (Å²) < 4.78 is 24.8. The van der Waals surface area contributed by atoms with E-state index in [-0.39, 0.29) is 24.8 Å². The first-order chi connectivity index (χ1) is 6.94. The molecule has 2 nitrogen and oxygen atoms in total. The molecule has 0 aliphatic carbocycles. The molecule has 0 spiro atoms. The van der Waals surface area contributed by atoms with Gasteiger partial charge in [-0.3, -0.25) is 9.69 Å². The Hall–Kier alpha value is -0.770. The van der Waals surface area contributed by atoms with Gasteiger partial charge in [0.2, 0.25) is 0 Å². The number of halogens is 2. The molecule has 1 atom stereocenters. The summed E-state index contributed by atoms with van der Waals surface area (Å²) in [6.45, 7) is 3.89. The van der Waals surface area contributed by atoms with Crippen LogP contribution in [0.3, 0.4) is 0 Å². The molecular weight excluding hydrogens is 200 g/mol. The Morgan fingerprint density at radius 3 is 2.60 bits per heavy atom. The topological polar surface area (TPSA) is 20.3 Å². The second-order valence-electron chi connectivity index (χ2n) is 4.14. The first-order valence-corrected chi connectivity index (χ1v) is 5.25. The Morgan fingerprint density at radius 1 is 1.53 bits per heavy atom. The molecule has 4 heteroatoms. The van der Waals surface area contributed by atoms with Crippen LogP contribution in [0.1, 0.15) is 20.3 Å². The molecule has 1 rings (SSSR count). The number of ketones is 1. The Morgan fingerprint density at radius 2 is 2.13 bits per heavy atom. The van der Waals surface area contributed by atoms with Crippen molar-refractivity contribution in [2.45, 2.75) is 26.2 Å². The van der Waals surface area contributed by atoms with Gasteiger partial charge in [0.1, 0.15) is 0 Å². The van der Waals surface area contributed by atoms with E-state index < -0.39 is 5.92 Å².